The van der Waals surface area contributed by atoms with Gasteiger partial charge in [-0.1, -0.05) is 25.1 Å². The molecule has 2 unspecified atom stereocenters. The summed E-state index contributed by atoms with van der Waals surface area (Å²) in [5, 5.41) is 19.5. The lowest BCUT2D eigenvalue weighted by atomic mass is 9.83. The van der Waals surface area contributed by atoms with Gasteiger partial charge in [-0.3, -0.25) is 4.79 Å². The molecule has 1 aliphatic carbocycles. The molecule has 0 fully saturated rings. The Balaban J connectivity index is 2.38. The van der Waals surface area contributed by atoms with E-state index in [0.717, 1.165) is 0 Å². The zero-order valence-corrected chi connectivity index (χ0v) is 13.1. The van der Waals surface area contributed by atoms with Crippen molar-refractivity contribution in [1.29, 1.82) is 0 Å². The Kier molecular flexibility index (Phi) is 4.85. The summed E-state index contributed by atoms with van der Waals surface area (Å²) in [6.07, 6.45) is 3.90. The second kappa shape index (κ2) is 6.50. The Morgan fingerprint density at radius 1 is 1.30 bits per heavy atom. The molecular formula is C15H16NO6P. The van der Waals surface area contributed by atoms with Gasteiger partial charge >= 0.3 is 7.75 Å². The number of hydrogen-bond acceptors (Lipinski definition) is 4. The molecule has 2 atom stereocenters. The van der Waals surface area contributed by atoms with Crippen LogP contribution in [0.25, 0.3) is 0 Å². The van der Waals surface area contributed by atoms with E-state index in [9.17, 15) is 19.6 Å². The van der Waals surface area contributed by atoms with Crippen molar-refractivity contribution in [3.05, 3.63) is 53.8 Å². The topological polar surface area (TPSA) is 127 Å². The van der Waals surface area contributed by atoms with Gasteiger partial charge in [0.2, 0.25) is 0 Å². The van der Waals surface area contributed by atoms with Crippen LogP contribution in [0, 0.1) is 5.92 Å². The second-order valence-electron chi connectivity index (χ2n) is 5.14. The maximum absolute atomic E-state index is 12.7. The molecule has 122 valence electrons. The lowest BCUT2D eigenvalue weighted by molar-refractivity contribution is -0.121. The van der Waals surface area contributed by atoms with Crippen LogP contribution in [0.3, 0.4) is 0 Å². The Bertz CT molecular complexity index is 761. The maximum atomic E-state index is 12.7. The fraction of sp³-hybridized carbons (Fsp3) is 0.200. The Labute approximate surface area is 132 Å². The third-order valence-electron chi connectivity index (χ3n) is 3.45. The summed E-state index contributed by atoms with van der Waals surface area (Å²) in [6.45, 7) is 1.58. The lowest BCUT2D eigenvalue weighted by Gasteiger charge is -2.22. The highest BCUT2D eigenvalue weighted by Crippen LogP contribution is 2.39. The number of carbonyl (C=O) groups excluding carboxylic acids is 1. The highest BCUT2D eigenvalue weighted by atomic mass is 31.2. The third-order valence-corrected chi connectivity index (χ3v) is 3.94. The quantitative estimate of drug-likeness (QED) is 0.624. The third kappa shape index (κ3) is 4.16. The normalized spacial score (nSPS) is 21.1. The van der Waals surface area contributed by atoms with Crippen molar-refractivity contribution < 1.29 is 29.4 Å². The van der Waals surface area contributed by atoms with E-state index in [4.69, 9.17) is 9.79 Å². The van der Waals surface area contributed by atoms with E-state index in [2.05, 4.69) is 4.76 Å². The van der Waals surface area contributed by atoms with Crippen molar-refractivity contribution in [3.8, 4) is 5.75 Å². The van der Waals surface area contributed by atoms with E-state index < -0.39 is 25.4 Å². The molecule has 1 aliphatic rings. The van der Waals surface area contributed by atoms with Gasteiger partial charge in [0.25, 0.3) is 0 Å². The smallest absolute Gasteiger partial charge is 0.448 e. The molecule has 0 spiro atoms. The number of hydrogen-bond donors (Lipinski definition) is 4. The van der Waals surface area contributed by atoms with Crippen molar-refractivity contribution in [1.82, 2.24) is 0 Å². The Hall–Kier alpha value is -2.21. The summed E-state index contributed by atoms with van der Waals surface area (Å²) >= 11 is 0. The first-order valence-corrected chi connectivity index (χ1v) is 8.31. The predicted octanol–water partition coefficient (Wildman–Crippen LogP) is 2.23. The number of carbonyl (C=O) groups is 1. The molecule has 1 aromatic rings. The Morgan fingerprint density at radius 2 is 2.00 bits per heavy atom. The molecule has 23 heavy (non-hydrogen) atoms. The molecule has 0 saturated carbocycles. The van der Waals surface area contributed by atoms with Gasteiger partial charge in [0.1, 0.15) is 17.4 Å². The van der Waals surface area contributed by atoms with E-state index in [1.807, 2.05) is 0 Å². The van der Waals surface area contributed by atoms with Crippen LogP contribution in [0.4, 0.5) is 0 Å². The second-order valence-corrected chi connectivity index (χ2v) is 6.37. The van der Waals surface area contributed by atoms with Gasteiger partial charge in [-0.05, 0) is 29.8 Å². The van der Waals surface area contributed by atoms with Crippen molar-refractivity contribution in [2.45, 2.75) is 12.8 Å². The molecule has 0 heterocycles. The Morgan fingerprint density at radius 3 is 2.61 bits per heavy atom. The minimum atomic E-state index is -4.74. The number of allylic oxidation sites excluding steroid dienone is 4. The number of Topliss-reactive ketones (excluding diaryl/α,β-unsaturated/α-hetero) is 1. The SMILES string of the molecule is CC(C(=O)C1C(O)=CC=CC1=NP(=O)(O)O)c1cccc(O)c1. The first kappa shape index (κ1) is 17.1. The van der Waals surface area contributed by atoms with Gasteiger partial charge in [0.15, 0.2) is 5.78 Å². The molecule has 4 N–H and O–H groups in total. The summed E-state index contributed by atoms with van der Waals surface area (Å²) in [5.74, 6) is -2.80. The number of nitrogens with zero attached hydrogens (tertiary/aromatic N) is 1. The van der Waals surface area contributed by atoms with Crippen LogP contribution in [0.5, 0.6) is 5.75 Å². The van der Waals surface area contributed by atoms with Crippen LogP contribution < -0.4 is 0 Å². The standard InChI is InChI=1S/C15H16NO6P/c1-9(10-4-2-5-11(17)8-10)15(19)14-12(16-23(20,21)22)6-3-7-13(14)18/h2-9,14,17-18H,1H3,(H2,20,21,22). The van der Waals surface area contributed by atoms with Gasteiger partial charge in [0.05, 0.1) is 5.71 Å². The summed E-state index contributed by atoms with van der Waals surface area (Å²) in [5.41, 5.74) is 0.322. The minimum absolute atomic E-state index is 0.00504. The number of ketones is 1. The molecule has 8 heteroatoms. The molecular weight excluding hydrogens is 321 g/mol. The van der Waals surface area contributed by atoms with Crippen LogP contribution in [-0.2, 0) is 9.36 Å². The first-order valence-electron chi connectivity index (χ1n) is 6.74. The van der Waals surface area contributed by atoms with Crippen molar-refractivity contribution in [3.63, 3.8) is 0 Å². The number of phenolic OH excluding ortho intramolecular Hbond substituents is 1. The van der Waals surface area contributed by atoms with Gasteiger partial charge in [-0.2, -0.15) is 4.76 Å². The fourth-order valence-electron chi connectivity index (χ4n) is 2.33. The zero-order valence-electron chi connectivity index (χ0n) is 12.2. The van der Waals surface area contributed by atoms with Crippen molar-refractivity contribution in [2.75, 3.05) is 0 Å². The van der Waals surface area contributed by atoms with Gasteiger partial charge in [-0.25, -0.2) is 4.57 Å². The van der Waals surface area contributed by atoms with E-state index >= 15 is 0 Å². The molecule has 0 amide bonds. The molecule has 0 aromatic heterocycles. The van der Waals surface area contributed by atoms with Crippen LogP contribution in [-0.4, -0.2) is 31.5 Å². The molecule has 7 nitrogen and oxygen atoms in total. The summed E-state index contributed by atoms with van der Waals surface area (Å²) in [7, 11) is -4.74. The minimum Gasteiger partial charge on any atom is -0.511 e. The summed E-state index contributed by atoms with van der Waals surface area (Å²) in [6, 6.07) is 6.10. The lowest BCUT2D eigenvalue weighted by Crippen LogP contribution is -2.30. The molecule has 2 rings (SSSR count). The number of phenols is 1. The number of aromatic hydroxyl groups is 1. The van der Waals surface area contributed by atoms with Gasteiger partial charge < -0.3 is 20.0 Å². The number of rotatable bonds is 4. The zero-order chi connectivity index (χ0) is 17.2. The number of aliphatic hydroxyl groups excluding tert-OH is 1. The van der Waals surface area contributed by atoms with Crippen molar-refractivity contribution >= 4 is 19.2 Å². The van der Waals surface area contributed by atoms with Crippen LogP contribution in [0.1, 0.15) is 18.4 Å². The van der Waals surface area contributed by atoms with Crippen LogP contribution in [0.15, 0.2) is 53.0 Å². The van der Waals surface area contributed by atoms with Crippen LogP contribution in [0.2, 0.25) is 0 Å². The average Bonchev–Trinajstić information content (AvgIpc) is 2.44. The number of benzene rings is 1. The van der Waals surface area contributed by atoms with Gasteiger partial charge in [0, 0.05) is 5.92 Å². The largest absolute Gasteiger partial charge is 0.511 e. The highest BCUT2D eigenvalue weighted by molar-refractivity contribution is 7.50. The fourth-order valence-corrected chi connectivity index (χ4v) is 2.81. The van der Waals surface area contributed by atoms with E-state index in [1.165, 1.54) is 30.4 Å². The molecule has 1 aromatic carbocycles. The molecule has 0 aliphatic heterocycles. The maximum Gasteiger partial charge on any atom is 0.448 e. The first-order chi connectivity index (χ1) is 10.7. The van der Waals surface area contributed by atoms with Gasteiger partial charge in [-0.15, -0.1) is 0 Å². The highest BCUT2D eigenvalue weighted by Gasteiger charge is 2.34. The molecule has 0 bridgehead atoms. The summed E-state index contributed by atoms with van der Waals surface area (Å²) < 4.78 is 14.3. The van der Waals surface area contributed by atoms with E-state index in [-0.39, 0.29) is 17.2 Å². The molecule has 0 saturated heterocycles. The van der Waals surface area contributed by atoms with Crippen LogP contribution >= 0.6 is 7.75 Å². The number of aliphatic hydroxyl groups is 1. The average molecular weight is 337 g/mol. The van der Waals surface area contributed by atoms with E-state index in [1.54, 1.807) is 19.1 Å². The van der Waals surface area contributed by atoms with E-state index in [0.29, 0.717) is 5.56 Å². The predicted molar refractivity (Wildman–Crippen MR) is 84.3 cm³/mol. The summed E-state index contributed by atoms with van der Waals surface area (Å²) in [4.78, 5) is 30.7. The monoisotopic (exact) mass is 337 g/mol. The molecule has 0 radical (unpaired) electrons. The van der Waals surface area contributed by atoms with Crippen molar-refractivity contribution in [2.24, 2.45) is 10.7 Å².